The van der Waals surface area contributed by atoms with Gasteiger partial charge in [0.25, 0.3) is 5.89 Å². The second kappa shape index (κ2) is 10.1. The van der Waals surface area contributed by atoms with Crippen LogP contribution in [0.4, 0.5) is 0 Å². The van der Waals surface area contributed by atoms with Crippen molar-refractivity contribution in [3.05, 3.63) is 90.3 Å². The fraction of sp³-hybridized carbons (Fsp3) is 0.125. The molecular formula is C24H20N2O6. The van der Waals surface area contributed by atoms with Gasteiger partial charge in [0.15, 0.2) is 6.61 Å². The molecule has 8 heteroatoms. The number of benzene rings is 3. The Morgan fingerprint density at radius 2 is 1.50 bits per heavy atom. The van der Waals surface area contributed by atoms with Crippen molar-refractivity contribution in [1.29, 1.82) is 0 Å². The molecule has 4 rings (SSSR count). The zero-order chi connectivity index (χ0) is 22.2. The molecule has 0 spiro atoms. The first-order chi connectivity index (χ1) is 15.7. The lowest BCUT2D eigenvalue weighted by atomic mass is 10.2. The lowest BCUT2D eigenvalue weighted by molar-refractivity contribution is 0.0697. The smallest absolute Gasteiger partial charge is 0.335 e. The minimum Gasteiger partial charge on any atom is -0.490 e. The van der Waals surface area contributed by atoms with Gasteiger partial charge in [-0.3, -0.25) is 0 Å². The van der Waals surface area contributed by atoms with Crippen molar-refractivity contribution in [1.82, 2.24) is 10.1 Å². The third-order valence-electron chi connectivity index (χ3n) is 4.41. The number of hydrogen-bond acceptors (Lipinski definition) is 7. The number of carboxylic acid groups (broad SMARTS) is 1. The Bertz CT molecular complexity index is 1160. The van der Waals surface area contributed by atoms with Crippen molar-refractivity contribution in [2.45, 2.75) is 6.61 Å². The van der Waals surface area contributed by atoms with Crippen LogP contribution in [0, 0.1) is 0 Å². The Hall–Kier alpha value is -4.33. The van der Waals surface area contributed by atoms with Gasteiger partial charge in [0.1, 0.15) is 30.5 Å². The van der Waals surface area contributed by atoms with E-state index in [0.717, 1.165) is 5.75 Å². The van der Waals surface area contributed by atoms with E-state index in [1.165, 1.54) is 12.1 Å². The molecule has 32 heavy (non-hydrogen) atoms. The molecule has 0 unspecified atom stereocenters. The van der Waals surface area contributed by atoms with Crippen LogP contribution in [0.25, 0.3) is 11.5 Å². The van der Waals surface area contributed by atoms with E-state index in [4.69, 9.17) is 23.8 Å². The fourth-order valence-electron chi connectivity index (χ4n) is 2.86. The maximum absolute atomic E-state index is 10.9. The number of ether oxygens (including phenoxy) is 3. The molecule has 1 aromatic heterocycles. The molecule has 0 aliphatic heterocycles. The van der Waals surface area contributed by atoms with Gasteiger partial charge in [0.05, 0.1) is 11.1 Å². The second-order valence-corrected chi connectivity index (χ2v) is 6.64. The number of aromatic nitrogens is 2. The summed E-state index contributed by atoms with van der Waals surface area (Å²) in [5.41, 5.74) is 0.849. The van der Waals surface area contributed by atoms with E-state index < -0.39 is 5.97 Å². The van der Waals surface area contributed by atoms with Crippen molar-refractivity contribution in [3.63, 3.8) is 0 Å². The Kier molecular flexibility index (Phi) is 6.62. The van der Waals surface area contributed by atoms with Gasteiger partial charge >= 0.3 is 5.97 Å². The van der Waals surface area contributed by atoms with Crippen LogP contribution >= 0.6 is 0 Å². The van der Waals surface area contributed by atoms with Gasteiger partial charge in [0.2, 0.25) is 5.82 Å². The zero-order valence-electron chi connectivity index (χ0n) is 17.0. The Morgan fingerprint density at radius 3 is 2.28 bits per heavy atom. The summed E-state index contributed by atoms with van der Waals surface area (Å²) in [6, 6.07) is 23.0. The van der Waals surface area contributed by atoms with Gasteiger partial charge in [-0.2, -0.15) is 4.98 Å². The monoisotopic (exact) mass is 432 g/mol. The Balaban J connectivity index is 1.34. The average molecular weight is 432 g/mol. The molecule has 162 valence electrons. The minimum absolute atomic E-state index is 0.0733. The molecule has 0 amide bonds. The van der Waals surface area contributed by atoms with Crippen molar-refractivity contribution < 1.29 is 28.6 Å². The second-order valence-electron chi connectivity index (χ2n) is 6.64. The van der Waals surface area contributed by atoms with Crippen LogP contribution in [0.1, 0.15) is 16.2 Å². The molecule has 8 nitrogen and oxygen atoms in total. The predicted octanol–water partition coefficient (Wildman–Crippen LogP) is 4.47. The maximum Gasteiger partial charge on any atom is 0.335 e. The standard InChI is InChI=1S/C24H20N2O6/c27-24(28)17-10-12-19(13-11-17)31-16-22-25-23(32-26-22)20-8-4-5-9-21(20)30-15-14-29-18-6-2-1-3-7-18/h1-13H,14-16H2,(H,27,28). The van der Waals surface area contributed by atoms with E-state index in [2.05, 4.69) is 10.1 Å². The first kappa shape index (κ1) is 20.9. The third kappa shape index (κ3) is 5.42. The number of aromatic carboxylic acids is 1. The third-order valence-corrected chi connectivity index (χ3v) is 4.41. The van der Waals surface area contributed by atoms with Crippen molar-refractivity contribution in [2.24, 2.45) is 0 Å². The van der Waals surface area contributed by atoms with Crippen LogP contribution in [-0.4, -0.2) is 34.4 Å². The van der Waals surface area contributed by atoms with Crippen LogP contribution in [-0.2, 0) is 6.61 Å². The number of carbonyl (C=O) groups is 1. The molecule has 0 saturated heterocycles. The molecule has 0 radical (unpaired) electrons. The lowest BCUT2D eigenvalue weighted by Gasteiger charge is -2.10. The predicted molar refractivity (Wildman–Crippen MR) is 115 cm³/mol. The highest BCUT2D eigenvalue weighted by Gasteiger charge is 2.14. The first-order valence-electron chi connectivity index (χ1n) is 9.88. The summed E-state index contributed by atoms with van der Waals surface area (Å²) in [7, 11) is 0. The highest BCUT2D eigenvalue weighted by molar-refractivity contribution is 5.87. The van der Waals surface area contributed by atoms with Crippen LogP contribution < -0.4 is 14.2 Å². The lowest BCUT2D eigenvalue weighted by Crippen LogP contribution is -2.09. The van der Waals surface area contributed by atoms with E-state index in [1.807, 2.05) is 54.6 Å². The molecule has 1 N–H and O–H groups in total. The van der Waals surface area contributed by atoms with Gasteiger partial charge in [-0.25, -0.2) is 4.79 Å². The largest absolute Gasteiger partial charge is 0.490 e. The summed E-state index contributed by atoms with van der Waals surface area (Å²) >= 11 is 0. The van der Waals surface area contributed by atoms with E-state index in [9.17, 15) is 4.79 Å². The molecular weight excluding hydrogens is 412 g/mol. The molecule has 0 fully saturated rings. The maximum atomic E-state index is 10.9. The first-order valence-corrected chi connectivity index (χ1v) is 9.88. The van der Waals surface area contributed by atoms with E-state index in [1.54, 1.807) is 12.1 Å². The van der Waals surface area contributed by atoms with Crippen LogP contribution in [0.3, 0.4) is 0 Å². The molecule has 4 aromatic rings. The SMILES string of the molecule is O=C(O)c1ccc(OCc2noc(-c3ccccc3OCCOc3ccccc3)n2)cc1. The van der Waals surface area contributed by atoms with Crippen molar-refractivity contribution >= 4 is 5.97 Å². The number of hydrogen-bond donors (Lipinski definition) is 1. The van der Waals surface area contributed by atoms with Crippen LogP contribution in [0.15, 0.2) is 83.4 Å². The van der Waals surface area contributed by atoms with Crippen LogP contribution in [0.5, 0.6) is 17.2 Å². The summed E-state index contributed by atoms with van der Waals surface area (Å²) < 4.78 is 22.5. The molecule has 0 aliphatic carbocycles. The summed E-state index contributed by atoms with van der Waals surface area (Å²) in [6.07, 6.45) is 0. The quantitative estimate of drug-likeness (QED) is 0.366. The fourth-order valence-corrected chi connectivity index (χ4v) is 2.86. The summed E-state index contributed by atoms with van der Waals surface area (Å²) in [6.45, 7) is 0.814. The molecule has 0 atom stereocenters. The molecule has 0 aliphatic rings. The number of carboxylic acids is 1. The average Bonchev–Trinajstić information content (AvgIpc) is 3.30. The highest BCUT2D eigenvalue weighted by atomic mass is 16.5. The summed E-state index contributed by atoms with van der Waals surface area (Å²) in [5.74, 6) is 1.55. The Morgan fingerprint density at radius 1 is 0.812 bits per heavy atom. The van der Waals surface area contributed by atoms with Gasteiger partial charge in [-0.15, -0.1) is 0 Å². The van der Waals surface area contributed by atoms with E-state index >= 15 is 0 Å². The zero-order valence-corrected chi connectivity index (χ0v) is 17.0. The number of rotatable bonds is 10. The van der Waals surface area contributed by atoms with Crippen LogP contribution in [0.2, 0.25) is 0 Å². The highest BCUT2D eigenvalue weighted by Crippen LogP contribution is 2.28. The topological polar surface area (TPSA) is 104 Å². The number of nitrogens with zero attached hydrogens (tertiary/aromatic N) is 2. The normalized spacial score (nSPS) is 10.5. The molecule has 3 aromatic carbocycles. The number of para-hydroxylation sites is 2. The molecule has 1 heterocycles. The Labute approximate surface area is 184 Å². The van der Waals surface area contributed by atoms with E-state index in [0.29, 0.717) is 42.0 Å². The minimum atomic E-state index is -0.994. The summed E-state index contributed by atoms with van der Waals surface area (Å²) in [4.78, 5) is 15.3. The summed E-state index contributed by atoms with van der Waals surface area (Å²) in [5, 5.41) is 12.9. The molecule has 0 saturated carbocycles. The van der Waals surface area contributed by atoms with Gasteiger partial charge in [-0.05, 0) is 48.5 Å². The van der Waals surface area contributed by atoms with E-state index in [-0.39, 0.29) is 12.2 Å². The van der Waals surface area contributed by atoms with Gasteiger partial charge < -0.3 is 23.8 Å². The van der Waals surface area contributed by atoms with Gasteiger partial charge in [-0.1, -0.05) is 35.5 Å². The van der Waals surface area contributed by atoms with Gasteiger partial charge in [0, 0.05) is 0 Å². The molecule has 0 bridgehead atoms. The van der Waals surface area contributed by atoms with Crippen molar-refractivity contribution in [2.75, 3.05) is 13.2 Å². The van der Waals surface area contributed by atoms with Crippen molar-refractivity contribution in [3.8, 4) is 28.7 Å².